The van der Waals surface area contributed by atoms with Crippen LogP contribution in [0.4, 0.5) is 13.0 Å². The van der Waals surface area contributed by atoms with Crippen LogP contribution in [0.25, 0.3) is 0 Å². The largest absolute Gasteiger partial charge is 0.574 e. The van der Waals surface area contributed by atoms with Gasteiger partial charge in [-0.3, -0.25) is 8.63 Å². The molecule has 0 aliphatic carbocycles. The van der Waals surface area contributed by atoms with Crippen molar-refractivity contribution in [3.63, 3.8) is 0 Å². The first-order chi connectivity index (χ1) is 8.11. The first-order valence-electron chi connectivity index (χ1n) is 5.15. The van der Waals surface area contributed by atoms with Crippen LogP contribution in [0.1, 0.15) is 5.56 Å². The maximum absolute atomic E-state index is 12.4. The van der Waals surface area contributed by atoms with Gasteiger partial charge in [0, 0.05) is 5.46 Å². The van der Waals surface area contributed by atoms with Gasteiger partial charge in [-0.05, 0) is 13.0 Å². The highest BCUT2D eigenvalue weighted by Gasteiger charge is 2.19. The van der Waals surface area contributed by atoms with Gasteiger partial charge in [-0.2, -0.15) is 0 Å². The average molecular weight is 236 g/mol. The molecule has 88 valence electrons. The Morgan fingerprint density at radius 2 is 1.35 bits per heavy atom. The van der Waals surface area contributed by atoms with Crippen LogP contribution in [0.2, 0.25) is 0 Å². The van der Waals surface area contributed by atoms with E-state index in [1.807, 2.05) is 18.2 Å². The molecule has 4 heteroatoms. The molecule has 0 aliphatic rings. The molecule has 0 spiro atoms. The van der Waals surface area contributed by atoms with E-state index in [9.17, 15) is 13.0 Å². The van der Waals surface area contributed by atoms with Crippen LogP contribution < -0.4 is 5.46 Å². The van der Waals surface area contributed by atoms with Crippen molar-refractivity contribution in [2.24, 2.45) is 0 Å². The lowest BCUT2D eigenvalue weighted by Gasteiger charge is -1.94. The van der Waals surface area contributed by atoms with E-state index in [2.05, 4.69) is 19.1 Å². The lowest BCUT2D eigenvalue weighted by molar-refractivity contribution is 0.622. The molecule has 0 saturated carbocycles. The molecule has 0 amide bonds. The van der Waals surface area contributed by atoms with Crippen molar-refractivity contribution in [3.8, 4) is 0 Å². The van der Waals surface area contributed by atoms with Gasteiger partial charge in [-0.15, -0.1) is 0 Å². The SMILES string of the molecule is Cc1ccccc1.FB(F)c1ccccc1F. The van der Waals surface area contributed by atoms with E-state index in [1.54, 1.807) is 0 Å². The monoisotopic (exact) mass is 236 g/mol. The second-order valence-corrected chi connectivity index (χ2v) is 3.48. The first-order valence-corrected chi connectivity index (χ1v) is 5.15. The summed E-state index contributed by atoms with van der Waals surface area (Å²) >= 11 is 0. The summed E-state index contributed by atoms with van der Waals surface area (Å²) in [7, 11) is -2.72. The summed E-state index contributed by atoms with van der Waals surface area (Å²) < 4.78 is 35.9. The normalized spacial score (nSPS) is 9.18. The molecular weight excluding hydrogens is 224 g/mol. The molecule has 2 rings (SSSR count). The third-order valence-corrected chi connectivity index (χ3v) is 2.08. The fraction of sp³-hybridized carbons (Fsp3) is 0.0769. The zero-order valence-corrected chi connectivity index (χ0v) is 9.41. The second kappa shape index (κ2) is 6.79. The molecule has 0 fully saturated rings. The van der Waals surface area contributed by atoms with Gasteiger partial charge in [0.25, 0.3) is 0 Å². The van der Waals surface area contributed by atoms with Crippen molar-refractivity contribution in [2.45, 2.75) is 6.92 Å². The molecule has 0 bridgehead atoms. The number of halogens is 3. The predicted molar refractivity (Wildman–Crippen MR) is 65.2 cm³/mol. The average Bonchev–Trinajstić information content (AvgIpc) is 2.31. The molecule has 0 aromatic heterocycles. The Bertz CT molecular complexity index is 443. The Hall–Kier alpha value is -1.71. The van der Waals surface area contributed by atoms with Gasteiger partial charge in [0.1, 0.15) is 5.82 Å². The summed E-state index contributed by atoms with van der Waals surface area (Å²) in [4.78, 5) is 0. The summed E-state index contributed by atoms with van der Waals surface area (Å²) in [5, 5.41) is 0. The Balaban J connectivity index is 0.000000181. The lowest BCUT2D eigenvalue weighted by Crippen LogP contribution is -2.23. The molecule has 0 saturated heterocycles. The van der Waals surface area contributed by atoms with Gasteiger partial charge < -0.3 is 0 Å². The van der Waals surface area contributed by atoms with E-state index in [0.717, 1.165) is 12.1 Å². The van der Waals surface area contributed by atoms with Crippen LogP contribution in [0.5, 0.6) is 0 Å². The number of rotatable bonds is 1. The van der Waals surface area contributed by atoms with Crippen LogP contribution in [0.3, 0.4) is 0 Å². The molecule has 0 radical (unpaired) electrons. The predicted octanol–water partition coefficient (Wildman–Crippen LogP) is 3.45. The Morgan fingerprint density at radius 1 is 0.824 bits per heavy atom. The Morgan fingerprint density at radius 3 is 1.71 bits per heavy atom. The Kier molecular flexibility index (Phi) is 5.33. The quantitative estimate of drug-likeness (QED) is 0.665. The molecule has 17 heavy (non-hydrogen) atoms. The van der Waals surface area contributed by atoms with E-state index < -0.39 is 18.5 Å². The molecule has 0 heterocycles. The minimum Gasteiger partial charge on any atom is -0.281 e. The fourth-order valence-electron chi connectivity index (χ4n) is 1.19. The fourth-order valence-corrected chi connectivity index (χ4v) is 1.19. The van der Waals surface area contributed by atoms with E-state index in [1.165, 1.54) is 17.7 Å². The van der Waals surface area contributed by atoms with Gasteiger partial charge in [-0.25, -0.2) is 4.39 Å². The van der Waals surface area contributed by atoms with Crippen molar-refractivity contribution < 1.29 is 13.0 Å². The van der Waals surface area contributed by atoms with Gasteiger partial charge in [0.05, 0.1) is 0 Å². The molecule has 0 nitrogen and oxygen atoms in total. The summed E-state index contributed by atoms with van der Waals surface area (Å²) in [6, 6.07) is 15.1. The van der Waals surface area contributed by atoms with E-state index in [4.69, 9.17) is 0 Å². The first kappa shape index (κ1) is 13.4. The van der Waals surface area contributed by atoms with Crippen LogP contribution in [-0.4, -0.2) is 7.27 Å². The maximum Gasteiger partial charge on any atom is 0.574 e. The highest BCUT2D eigenvalue weighted by atomic mass is 19.2. The van der Waals surface area contributed by atoms with Crippen molar-refractivity contribution in [1.82, 2.24) is 0 Å². The summed E-state index contributed by atoms with van der Waals surface area (Å²) in [5.41, 5.74) is 0.782. The maximum atomic E-state index is 12.4. The zero-order chi connectivity index (χ0) is 12.7. The van der Waals surface area contributed by atoms with E-state index in [-0.39, 0.29) is 0 Å². The molecule has 2 aromatic carbocycles. The standard InChI is InChI=1S/C7H8.C6H4BF3/c1-7-5-3-2-4-6-7;8-6-4-2-1-3-5(6)7(9)10/h2-6H,1H3;1-4H. The summed E-state index contributed by atoms with van der Waals surface area (Å²) in [6.45, 7) is 2.08. The van der Waals surface area contributed by atoms with Crippen molar-refractivity contribution >= 4 is 12.7 Å². The van der Waals surface area contributed by atoms with E-state index >= 15 is 0 Å². The molecule has 0 atom stereocenters. The van der Waals surface area contributed by atoms with Crippen LogP contribution >= 0.6 is 0 Å². The smallest absolute Gasteiger partial charge is 0.281 e. The summed E-state index contributed by atoms with van der Waals surface area (Å²) in [6.07, 6.45) is 0. The Labute approximate surface area is 99.3 Å². The molecular formula is C13H12BF3. The third kappa shape index (κ3) is 4.77. The zero-order valence-electron chi connectivity index (χ0n) is 9.41. The second-order valence-electron chi connectivity index (χ2n) is 3.48. The van der Waals surface area contributed by atoms with Crippen molar-refractivity contribution in [1.29, 1.82) is 0 Å². The van der Waals surface area contributed by atoms with Crippen LogP contribution in [-0.2, 0) is 0 Å². The van der Waals surface area contributed by atoms with Crippen LogP contribution in [0, 0.1) is 12.7 Å². The number of aryl methyl sites for hydroxylation is 1. The van der Waals surface area contributed by atoms with Crippen molar-refractivity contribution in [2.75, 3.05) is 0 Å². The molecule has 0 unspecified atom stereocenters. The van der Waals surface area contributed by atoms with E-state index in [0.29, 0.717) is 0 Å². The number of hydrogen-bond acceptors (Lipinski definition) is 0. The summed E-state index contributed by atoms with van der Waals surface area (Å²) in [5.74, 6) is -0.850. The molecule has 0 N–H and O–H groups in total. The topological polar surface area (TPSA) is 0 Å². The number of benzene rings is 2. The lowest BCUT2D eigenvalue weighted by atomic mass is 9.86. The van der Waals surface area contributed by atoms with Crippen molar-refractivity contribution in [3.05, 3.63) is 66.0 Å². The van der Waals surface area contributed by atoms with Gasteiger partial charge in [0.15, 0.2) is 0 Å². The van der Waals surface area contributed by atoms with Gasteiger partial charge in [-0.1, -0.05) is 54.1 Å². The number of hydrogen-bond donors (Lipinski definition) is 0. The van der Waals surface area contributed by atoms with Gasteiger partial charge in [0.2, 0.25) is 0 Å². The highest BCUT2D eigenvalue weighted by molar-refractivity contribution is 6.60. The minimum absolute atomic E-state index is 0.539. The molecule has 2 aromatic rings. The highest BCUT2D eigenvalue weighted by Crippen LogP contribution is 1.96. The van der Waals surface area contributed by atoms with Crippen LogP contribution in [0.15, 0.2) is 54.6 Å². The van der Waals surface area contributed by atoms with Gasteiger partial charge >= 0.3 is 7.27 Å². The molecule has 0 aliphatic heterocycles. The minimum atomic E-state index is -2.72. The third-order valence-electron chi connectivity index (χ3n) is 2.08.